The molecular weight excluding hydrogens is 270 g/mol. The second-order valence-electron chi connectivity index (χ2n) is 5.52. The number of benzene rings is 1. The molecule has 116 valence electrons. The van der Waals surface area contributed by atoms with E-state index in [4.69, 9.17) is 4.74 Å². The molecule has 0 saturated carbocycles. The van der Waals surface area contributed by atoms with Crippen LogP contribution >= 0.6 is 0 Å². The van der Waals surface area contributed by atoms with E-state index in [1.54, 1.807) is 20.8 Å². The third-order valence-corrected chi connectivity index (χ3v) is 2.37. The SMILES string of the molecule is CC(C)(C)OC(=O)NCCNC(=O)NCc1ccccc1. The number of ether oxygens (including phenoxy) is 1. The zero-order valence-corrected chi connectivity index (χ0v) is 12.7. The van der Waals surface area contributed by atoms with Crippen LogP contribution in [-0.4, -0.2) is 30.8 Å². The van der Waals surface area contributed by atoms with Gasteiger partial charge in [-0.25, -0.2) is 9.59 Å². The lowest BCUT2D eigenvalue weighted by molar-refractivity contribution is 0.0528. The zero-order valence-electron chi connectivity index (χ0n) is 12.7. The summed E-state index contributed by atoms with van der Waals surface area (Å²) in [6, 6.07) is 9.35. The molecule has 0 aliphatic heterocycles. The zero-order chi connectivity index (χ0) is 15.7. The number of rotatable bonds is 5. The average molecular weight is 293 g/mol. The van der Waals surface area contributed by atoms with Crippen LogP contribution in [-0.2, 0) is 11.3 Å². The maximum Gasteiger partial charge on any atom is 0.407 e. The van der Waals surface area contributed by atoms with Crippen LogP contribution in [0.4, 0.5) is 9.59 Å². The van der Waals surface area contributed by atoms with Crippen molar-refractivity contribution in [1.82, 2.24) is 16.0 Å². The molecule has 0 aliphatic carbocycles. The molecule has 0 atom stereocenters. The predicted octanol–water partition coefficient (Wildman–Crippen LogP) is 2.01. The number of hydrogen-bond donors (Lipinski definition) is 3. The first-order chi connectivity index (χ1) is 9.87. The summed E-state index contributed by atoms with van der Waals surface area (Å²) in [5.41, 5.74) is 0.504. The van der Waals surface area contributed by atoms with E-state index in [2.05, 4.69) is 16.0 Å². The molecule has 6 heteroatoms. The van der Waals surface area contributed by atoms with Crippen molar-refractivity contribution in [2.24, 2.45) is 0 Å². The fraction of sp³-hybridized carbons (Fsp3) is 0.467. The molecule has 0 radical (unpaired) electrons. The summed E-state index contributed by atoms with van der Waals surface area (Å²) in [5, 5.41) is 7.95. The van der Waals surface area contributed by atoms with Gasteiger partial charge in [0, 0.05) is 19.6 Å². The summed E-state index contributed by atoms with van der Waals surface area (Å²) in [6.07, 6.45) is -0.492. The molecule has 0 spiro atoms. The van der Waals surface area contributed by atoms with Crippen molar-refractivity contribution in [3.63, 3.8) is 0 Å². The van der Waals surface area contributed by atoms with Crippen molar-refractivity contribution in [2.75, 3.05) is 13.1 Å². The Kier molecular flexibility index (Phi) is 6.52. The van der Waals surface area contributed by atoms with E-state index in [1.807, 2.05) is 30.3 Å². The minimum Gasteiger partial charge on any atom is -0.444 e. The highest BCUT2D eigenvalue weighted by atomic mass is 16.6. The molecule has 0 fully saturated rings. The van der Waals surface area contributed by atoms with E-state index in [1.165, 1.54) is 0 Å². The Labute approximate surface area is 125 Å². The molecule has 0 aliphatic rings. The van der Waals surface area contributed by atoms with Gasteiger partial charge < -0.3 is 20.7 Å². The van der Waals surface area contributed by atoms with Crippen LogP contribution in [0.2, 0.25) is 0 Å². The quantitative estimate of drug-likeness (QED) is 0.727. The number of carbonyl (C=O) groups excluding carboxylic acids is 2. The van der Waals surface area contributed by atoms with E-state index >= 15 is 0 Å². The van der Waals surface area contributed by atoms with Crippen LogP contribution in [0, 0.1) is 0 Å². The smallest absolute Gasteiger partial charge is 0.407 e. The number of alkyl carbamates (subject to hydrolysis) is 1. The molecule has 3 amide bonds. The number of hydrogen-bond acceptors (Lipinski definition) is 3. The molecule has 21 heavy (non-hydrogen) atoms. The molecule has 0 saturated heterocycles. The Morgan fingerprint density at radius 1 is 1.00 bits per heavy atom. The van der Waals surface area contributed by atoms with Crippen molar-refractivity contribution in [2.45, 2.75) is 32.9 Å². The molecule has 3 N–H and O–H groups in total. The van der Waals surface area contributed by atoms with Crippen molar-refractivity contribution < 1.29 is 14.3 Å². The Balaban J connectivity index is 2.10. The van der Waals surface area contributed by atoms with E-state index in [0.717, 1.165) is 5.56 Å². The normalized spacial score (nSPS) is 10.6. The summed E-state index contributed by atoms with van der Waals surface area (Å²) in [6.45, 7) is 6.49. The Hall–Kier alpha value is -2.24. The van der Waals surface area contributed by atoms with E-state index < -0.39 is 11.7 Å². The van der Waals surface area contributed by atoms with E-state index in [0.29, 0.717) is 19.6 Å². The maximum absolute atomic E-state index is 11.5. The van der Waals surface area contributed by atoms with Gasteiger partial charge in [-0.05, 0) is 26.3 Å². The summed E-state index contributed by atoms with van der Waals surface area (Å²) < 4.78 is 5.07. The average Bonchev–Trinajstić information content (AvgIpc) is 2.40. The summed E-state index contributed by atoms with van der Waals surface area (Å²) in [4.78, 5) is 22.9. The van der Waals surface area contributed by atoms with Crippen molar-refractivity contribution >= 4 is 12.1 Å². The van der Waals surface area contributed by atoms with Crippen LogP contribution in [0.15, 0.2) is 30.3 Å². The summed E-state index contributed by atoms with van der Waals surface area (Å²) in [7, 11) is 0. The lowest BCUT2D eigenvalue weighted by atomic mass is 10.2. The van der Waals surface area contributed by atoms with Crippen LogP contribution in [0.3, 0.4) is 0 Å². The van der Waals surface area contributed by atoms with Gasteiger partial charge >= 0.3 is 12.1 Å². The molecule has 0 aromatic heterocycles. The topological polar surface area (TPSA) is 79.5 Å². The lowest BCUT2D eigenvalue weighted by Gasteiger charge is -2.19. The van der Waals surface area contributed by atoms with Crippen molar-refractivity contribution in [1.29, 1.82) is 0 Å². The van der Waals surface area contributed by atoms with Crippen LogP contribution in [0.5, 0.6) is 0 Å². The van der Waals surface area contributed by atoms with Gasteiger partial charge in [0.15, 0.2) is 0 Å². The molecule has 0 bridgehead atoms. The third kappa shape index (κ3) is 8.52. The highest BCUT2D eigenvalue weighted by Gasteiger charge is 2.15. The Morgan fingerprint density at radius 2 is 1.62 bits per heavy atom. The second kappa shape index (κ2) is 8.14. The van der Waals surface area contributed by atoms with Crippen LogP contribution in [0.1, 0.15) is 26.3 Å². The molecule has 1 aromatic rings. The summed E-state index contributed by atoms with van der Waals surface area (Å²) in [5.74, 6) is 0. The Bertz CT molecular complexity index is 455. The van der Waals surface area contributed by atoms with Crippen molar-refractivity contribution in [3.8, 4) is 0 Å². The maximum atomic E-state index is 11.5. The number of nitrogens with one attached hydrogen (secondary N) is 3. The first kappa shape index (κ1) is 16.8. The van der Waals surface area contributed by atoms with Crippen LogP contribution in [0.25, 0.3) is 0 Å². The van der Waals surface area contributed by atoms with E-state index in [-0.39, 0.29) is 6.03 Å². The third-order valence-electron chi connectivity index (χ3n) is 2.37. The van der Waals surface area contributed by atoms with E-state index in [9.17, 15) is 9.59 Å². The molecule has 0 heterocycles. The van der Waals surface area contributed by atoms with Gasteiger partial charge in [0.1, 0.15) is 5.60 Å². The highest BCUT2D eigenvalue weighted by molar-refractivity contribution is 5.74. The fourth-order valence-corrected chi connectivity index (χ4v) is 1.50. The standard InChI is InChI=1S/C15H23N3O3/c1-15(2,3)21-14(20)17-10-9-16-13(19)18-11-12-7-5-4-6-8-12/h4-8H,9-11H2,1-3H3,(H,17,20)(H2,16,18,19). The first-order valence-corrected chi connectivity index (χ1v) is 6.89. The van der Waals surface area contributed by atoms with Gasteiger partial charge in [0.25, 0.3) is 0 Å². The van der Waals surface area contributed by atoms with Crippen LogP contribution < -0.4 is 16.0 Å². The number of carbonyl (C=O) groups is 2. The van der Waals surface area contributed by atoms with Gasteiger partial charge in [0.2, 0.25) is 0 Å². The number of amides is 3. The fourth-order valence-electron chi connectivity index (χ4n) is 1.50. The van der Waals surface area contributed by atoms with Gasteiger partial charge in [-0.2, -0.15) is 0 Å². The minimum atomic E-state index is -0.523. The minimum absolute atomic E-state index is 0.273. The van der Waals surface area contributed by atoms with Gasteiger partial charge in [0.05, 0.1) is 0 Å². The highest BCUT2D eigenvalue weighted by Crippen LogP contribution is 2.05. The van der Waals surface area contributed by atoms with Gasteiger partial charge in [-0.3, -0.25) is 0 Å². The molecule has 0 unspecified atom stereocenters. The molecule has 6 nitrogen and oxygen atoms in total. The van der Waals surface area contributed by atoms with Gasteiger partial charge in [-0.15, -0.1) is 0 Å². The Morgan fingerprint density at radius 3 is 2.24 bits per heavy atom. The summed E-state index contributed by atoms with van der Waals surface area (Å²) >= 11 is 0. The first-order valence-electron chi connectivity index (χ1n) is 6.89. The largest absolute Gasteiger partial charge is 0.444 e. The predicted molar refractivity (Wildman–Crippen MR) is 80.9 cm³/mol. The lowest BCUT2D eigenvalue weighted by Crippen LogP contribution is -2.41. The molecule has 1 rings (SSSR count). The van der Waals surface area contributed by atoms with Crippen molar-refractivity contribution in [3.05, 3.63) is 35.9 Å². The second-order valence-corrected chi connectivity index (χ2v) is 5.52. The number of urea groups is 1. The molecule has 1 aromatic carbocycles. The monoisotopic (exact) mass is 293 g/mol. The molecular formula is C15H23N3O3. The van der Waals surface area contributed by atoms with Gasteiger partial charge in [-0.1, -0.05) is 30.3 Å².